The highest BCUT2D eigenvalue weighted by atomic mass is 16.6. The second kappa shape index (κ2) is 9.96. The third-order valence-electron chi connectivity index (χ3n) is 5.93. The number of methoxy groups -OCH3 is 1. The first-order valence-electron chi connectivity index (χ1n) is 11.9. The van der Waals surface area contributed by atoms with Gasteiger partial charge in [-0.3, -0.25) is 9.48 Å². The molecule has 36 heavy (non-hydrogen) atoms. The summed E-state index contributed by atoms with van der Waals surface area (Å²) in [5.41, 5.74) is 1.56. The van der Waals surface area contributed by atoms with Crippen molar-refractivity contribution in [3.63, 3.8) is 0 Å². The molecule has 4 rings (SSSR count). The van der Waals surface area contributed by atoms with Gasteiger partial charge in [-0.05, 0) is 64.8 Å². The summed E-state index contributed by atoms with van der Waals surface area (Å²) >= 11 is 0. The lowest BCUT2D eigenvalue weighted by Gasteiger charge is -2.33. The highest BCUT2D eigenvalue weighted by molar-refractivity contribution is 6.09. The van der Waals surface area contributed by atoms with E-state index in [2.05, 4.69) is 15.4 Å². The Morgan fingerprint density at radius 3 is 2.47 bits per heavy atom. The van der Waals surface area contributed by atoms with Crippen LogP contribution < -0.4 is 5.32 Å². The summed E-state index contributed by atoms with van der Waals surface area (Å²) in [6.45, 7) is 8.48. The number of pyridine rings is 1. The summed E-state index contributed by atoms with van der Waals surface area (Å²) in [6.07, 6.45) is 3.03. The van der Waals surface area contributed by atoms with E-state index in [4.69, 9.17) is 9.47 Å². The minimum atomic E-state index is -0.579. The highest BCUT2D eigenvalue weighted by Crippen LogP contribution is 2.29. The number of anilines is 1. The molecule has 1 fully saturated rings. The zero-order valence-corrected chi connectivity index (χ0v) is 21.2. The summed E-state index contributed by atoms with van der Waals surface area (Å²) in [5, 5.41) is 8.24. The number of nitrogens with one attached hydrogen (secondary N) is 1. The Morgan fingerprint density at radius 2 is 1.83 bits per heavy atom. The first-order valence-corrected chi connectivity index (χ1v) is 11.9. The average Bonchev–Trinajstić information content (AvgIpc) is 3.25. The number of esters is 1. The van der Waals surface area contributed by atoms with E-state index in [1.54, 1.807) is 42.2 Å². The van der Waals surface area contributed by atoms with Crippen molar-refractivity contribution in [3.8, 4) is 0 Å². The van der Waals surface area contributed by atoms with Crippen molar-refractivity contribution in [2.24, 2.45) is 0 Å². The number of nitrogens with zero attached hydrogens (tertiary/aromatic N) is 4. The summed E-state index contributed by atoms with van der Waals surface area (Å²) in [7, 11) is 1.29. The monoisotopic (exact) mass is 493 g/mol. The van der Waals surface area contributed by atoms with Gasteiger partial charge in [-0.2, -0.15) is 5.10 Å². The van der Waals surface area contributed by atoms with Gasteiger partial charge >= 0.3 is 12.1 Å². The predicted molar refractivity (Wildman–Crippen MR) is 134 cm³/mol. The largest absolute Gasteiger partial charge is 0.465 e. The maximum Gasteiger partial charge on any atom is 0.410 e. The Balaban J connectivity index is 1.55. The maximum absolute atomic E-state index is 12.8. The molecule has 0 atom stereocenters. The van der Waals surface area contributed by atoms with Crippen LogP contribution in [0.5, 0.6) is 0 Å². The molecule has 1 aliphatic rings. The minimum absolute atomic E-state index is 0.0900. The van der Waals surface area contributed by atoms with E-state index in [1.165, 1.54) is 7.11 Å². The maximum atomic E-state index is 12.8. The number of aryl methyl sites for hydroxylation is 1. The molecule has 1 aromatic carbocycles. The number of piperidine rings is 1. The van der Waals surface area contributed by atoms with Crippen LogP contribution in [0.25, 0.3) is 10.9 Å². The number of aromatic nitrogens is 3. The van der Waals surface area contributed by atoms with E-state index < -0.39 is 17.5 Å². The number of likely N-dealkylation sites (tertiary alicyclic amines) is 1. The van der Waals surface area contributed by atoms with Gasteiger partial charge in [0.05, 0.1) is 29.9 Å². The summed E-state index contributed by atoms with van der Waals surface area (Å²) < 4.78 is 12.3. The number of carbonyl (C=O) groups is 3. The molecular formula is C26H31N5O5. The van der Waals surface area contributed by atoms with Crippen LogP contribution in [0.4, 0.5) is 10.5 Å². The minimum Gasteiger partial charge on any atom is -0.465 e. The standard InChI is InChI=1S/C26H31N5O5/c1-16-7-6-8-20(27-16)23(32)28-22-13-17-15-31(29-21(17)14-19(22)24(33)35-5)18-9-11-30(12-10-18)25(34)36-26(2,3)4/h6-8,13-15,18H,9-12H2,1-5H3,(H,28,32). The SMILES string of the molecule is COC(=O)c1cc2nn(C3CCN(C(=O)OC(C)(C)C)CC3)cc2cc1NC(=O)c1cccc(C)n1. The third-order valence-corrected chi connectivity index (χ3v) is 5.93. The fourth-order valence-corrected chi connectivity index (χ4v) is 4.16. The van der Waals surface area contributed by atoms with Gasteiger partial charge in [-0.1, -0.05) is 6.07 Å². The fraction of sp³-hybridized carbons (Fsp3) is 0.423. The quantitative estimate of drug-likeness (QED) is 0.537. The zero-order valence-electron chi connectivity index (χ0n) is 21.2. The van der Waals surface area contributed by atoms with E-state index in [-0.39, 0.29) is 23.4 Å². The second-order valence-electron chi connectivity index (χ2n) is 9.87. The van der Waals surface area contributed by atoms with E-state index in [9.17, 15) is 14.4 Å². The van der Waals surface area contributed by atoms with Crippen molar-refractivity contribution in [1.82, 2.24) is 19.7 Å². The molecule has 1 saturated heterocycles. The molecule has 2 amide bonds. The van der Waals surface area contributed by atoms with E-state index >= 15 is 0 Å². The predicted octanol–water partition coefficient (Wildman–Crippen LogP) is 4.35. The Kier molecular flexibility index (Phi) is 6.96. The van der Waals surface area contributed by atoms with Gasteiger partial charge in [0.15, 0.2) is 0 Å². The van der Waals surface area contributed by atoms with E-state index in [0.29, 0.717) is 30.0 Å². The number of hydrogen-bond acceptors (Lipinski definition) is 7. The molecule has 0 radical (unpaired) electrons. The molecule has 0 aliphatic carbocycles. The second-order valence-corrected chi connectivity index (χ2v) is 9.87. The van der Waals surface area contributed by atoms with Crippen molar-refractivity contribution >= 4 is 34.6 Å². The van der Waals surface area contributed by atoms with Gasteiger partial charge in [0.25, 0.3) is 5.91 Å². The van der Waals surface area contributed by atoms with Gasteiger partial charge in [0.1, 0.15) is 11.3 Å². The number of amides is 2. The molecule has 0 saturated carbocycles. The smallest absolute Gasteiger partial charge is 0.410 e. The van der Waals surface area contributed by atoms with Crippen molar-refractivity contribution in [1.29, 1.82) is 0 Å². The van der Waals surface area contributed by atoms with Crippen LogP contribution in [0.1, 0.15) is 66.2 Å². The number of benzene rings is 1. The van der Waals surface area contributed by atoms with Gasteiger partial charge in [0, 0.05) is 30.4 Å². The topological polar surface area (TPSA) is 116 Å². The van der Waals surface area contributed by atoms with Crippen LogP contribution in [-0.2, 0) is 9.47 Å². The molecule has 3 aromatic rings. The van der Waals surface area contributed by atoms with Crippen molar-refractivity contribution in [2.75, 3.05) is 25.5 Å². The van der Waals surface area contributed by atoms with Crippen molar-refractivity contribution < 1.29 is 23.9 Å². The normalized spacial score (nSPS) is 14.5. The van der Waals surface area contributed by atoms with Gasteiger partial charge in [-0.25, -0.2) is 14.6 Å². The van der Waals surface area contributed by atoms with Crippen molar-refractivity contribution in [3.05, 3.63) is 53.5 Å². The lowest BCUT2D eigenvalue weighted by Crippen LogP contribution is -2.42. The Hall–Kier alpha value is -3.95. The van der Waals surface area contributed by atoms with Crippen LogP contribution in [-0.4, -0.2) is 63.4 Å². The van der Waals surface area contributed by atoms with Gasteiger partial charge < -0.3 is 19.7 Å². The molecule has 10 nitrogen and oxygen atoms in total. The Bertz CT molecular complexity index is 1300. The third kappa shape index (κ3) is 5.64. The lowest BCUT2D eigenvalue weighted by atomic mass is 10.1. The number of hydrogen-bond donors (Lipinski definition) is 1. The van der Waals surface area contributed by atoms with E-state index in [0.717, 1.165) is 18.2 Å². The van der Waals surface area contributed by atoms with Crippen LogP contribution in [0.3, 0.4) is 0 Å². The molecule has 1 N–H and O–H groups in total. The Morgan fingerprint density at radius 1 is 1.11 bits per heavy atom. The van der Waals surface area contributed by atoms with E-state index in [1.807, 2.05) is 31.6 Å². The molecule has 2 aromatic heterocycles. The van der Waals surface area contributed by atoms with Crippen LogP contribution in [0.15, 0.2) is 36.5 Å². The summed E-state index contributed by atoms with van der Waals surface area (Å²) in [6, 6.07) is 8.59. The number of carbonyl (C=O) groups excluding carboxylic acids is 3. The average molecular weight is 494 g/mol. The lowest BCUT2D eigenvalue weighted by molar-refractivity contribution is 0.0184. The van der Waals surface area contributed by atoms with Crippen LogP contribution in [0, 0.1) is 6.92 Å². The zero-order chi connectivity index (χ0) is 26.0. The first-order chi connectivity index (χ1) is 17.0. The number of fused-ring (bicyclic) bond motifs is 1. The molecule has 0 spiro atoms. The molecule has 190 valence electrons. The summed E-state index contributed by atoms with van der Waals surface area (Å²) in [4.78, 5) is 43.6. The molecule has 1 aliphatic heterocycles. The molecule has 10 heteroatoms. The number of rotatable bonds is 4. The fourth-order valence-electron chi connectivity index (χ4n) is 4.16. The highest BCUT2D eigenvalue weighted by Gasteiger charge is 2.28. The van der Waals surface area contributed by atoms with Crippen molar-refractivity contribution in [2.45, 2.75) is 52.2 Å². The molecule has 0 unspecified atom stereocenters. The van der Waals surface area contributed by atoms with Crippen LogP contribution >= 0.6 is 0 Å². The van der Waals surface area contributed by atoms with Gasteiger partial charge in [0.2, 0.25) is 0 Å². The van der Waals surface area contributed by atoms with Gasteiger partial charge in [-0.15, -0.1) is 0 Å². The number of ether oxygens (including phenoxy) is 2. The molecular weight excluding hydrogens is 462 g/mol. The van der Waals surface area contributed by atoms with Crippen LogP contribution in [0.2, 0.25) is 0 Å². The summed E-state index contributed by atoms with van der Waals surface area (Å²) in [5.74, 6) is -1.00. The molecule has 3 heterocycles. The Labute approximate surface area is 209 Å². The first kappa shape index (κ1) is 25.2. The molecule has 0 bridgehead atoms.